The van der Waals surface area contributed by atoms with Gasteiger partial charge in [-0.3, -0.25) is 9.59 Å². The van der Waals surface area contributed by atoms with Crippen LogP contribution in [0, 0.1) is 23.2 Å². The largest absolute Gasteiger partial charge is 0.377 e. The van der Waals surface area contributed by atoms with Crippen LogP contribution in [-0.2, 0) is 24.5 Å². The SMILES string of the molecule is N#CC1CN(S(=O)(=O)N2CCC[C@H](C(=O)N3CCC[C@@]3(C(N)=O)[C@@H](c3ccc(Cl)cc3)[C@H]3CCCO3)C2)C1. The summed E-state index contributed by atoms with van der Waals surface area (Å²) >= 11 is 6.16. The van der Waals surface area contributed by atoms with E-state index in [0.29, 0.717) is 50.4 Å². The monoisotopic (exact) mass is 563 g/mol. The Kier molecular flexibility index (Phi) is 7.73. The normalized spacial score (nSPS) is 30.1. The number of halogens is 1. The van der Waals surface area contributed by atoms with Gasteiger partial charge in [-0.1, -0.05) is 23.7 Å². The van der Waals surface area contributed by atoms with Crippen molar-refractivity contribution in [3.8, 4) is 6.07 Å². The smallest absolute Gasteiger partial charge is 0.282 e. The third-order valence-electron chi connectivity index (χ3n) is 8.61. The number of likely N-dealkylation sites (tertiary alicyclic amines) is 1. The number of ether oxygens (including phenoxy) is 1. The molecule has 1 aromatic rings. The molecular formula is C26H34ClN5O5S. The van der Waals surface area contributed by atoms with Gasteiger partial charge < -0.3 is 15.4 Å². The molecule has 0 unspecified atom stereocenters. The summed E-state index contributed by atoms with van der Waals surface area (Å²) in [4.78, 5) is 29.1. The van der Waals surface area contributed by atoms with Gasteiger partial charge in [-0.25, -0.2) is 0 Å². The Labute approximate surface area is 228 Å². The molecule has 4 fully saturated rings. The molecule has 5 rings (SSSR count). The highest BCUT2D eigenvalue weighted by Gasteiger charge is 2.58. The van der Waals surface area contributed by atoms with Crippen molar-refractivity contribution >= 4 is 33.6 Å². The maximum atomic E-state index is 14.1. The van der Waals surface area contributed by atoms with E-state index in [1.54, 1.807) is 17.0 Å². The number of nitrogens with two attached hydrogens (primary N) is 1. The van der Waals surface area contributed by atoms with E-state index in [1.165, 1.54) is 8.61 Å². The summed E-state index contributed by atoms with van der Waals surface area (Å²) in [5.41, 5.74) is 5.73. The van der Waals surface area contributed by atoms with Gasteiger partial charge >= 0.3 is 0 Å². The molecule has 0 radical (unpaired) electrons. The Hall–Kier alpha value is -2.23. The van der Waals surface area contributed by atoms with E-state index in [9.17, 15) is 18.0 Å². The molecule has 0 aliphatic carbocycles. The van der Waals surface area contributed by atoms with Crippen LogP contribution >= 0.6 is 11.6 Å². The minimum absolute atomic E-state index is 0.0474. The molecule has 1 aromatic carbocycles. The highest BCUT2D eigenvalue weighted by atomic mass is 35.5. The summed E-state index contributed by atoms with van der Waals surface area (Å²) in [5, 5.41) is 9.61. The average Bonchev–Trinajstić information content (AvgIpc) is 3.56. The van der Waals surface area contributed by atoms with Crippen LogP contribution in [0.15, 0.2) is 24.3 Å². The molecule has 10 nitrogen and oxygen atoms in total. The molecule has 206 valence electrons. The van der Waals surface area contributed by atoms with Gasteiger partial charge in [0.1, 0.15) is 5.54 Å². The molecule has 2 amide bonds. The molecule has 0 bridgehead atoms. The van der Waals surface area contributed by atoms with Crippen LogP contribution in [0.2, 0.25) is 5.02 Å². The Morgan fingerprint density at radius 2 is 1.82 bits per heavy atom. The predicted molar refractivity (Wildman–Crippen MR) is 140 cm³/mol. The maximum absolute atomic E-state index is 14.1. The lowest BCUT2D eigenvalue weighted by molar-refractivity contribution is -0.151. The number of rotatable bonds is 7. The number of carbonyl (C=O) groups is 2. The summed E-state index contributed by atoms with van der Waals surface area (Å²) < 4.78 is 35.1. The van der Waals surface area contributed by atoms with E-state index in [1.807, 2.05) is 12.1 Å². The number of benzene rings is 1. The highest BCUT2D eigenvalue weighted by molar-refractivity contribution is 7.86. The fourth-order valence-electron chi connectivity index (χ4n) is 6.66. The van der Waals surface area contributed by atoms with Crippen molar-refractivity contribution in [2.45, 2.75) is 56.1 Å². The summed E-state index contributed by atoms with van der Waals surface area (Å²) in [6, 6.07) is 9.38. The fraction of sp³-hybridized carbons (Fsp3) is 0.654. The molecule has 4 atom stereocenters. The zero-order chi connectivity index (χ0) is 27.1. The second-order valence-electron chi connectivity index (χ2n) is 10.8. The Bertz CT molecular complexity index is 1210. The van der Waals surface area contributed by atoms with Crippen LogP contribution in [-0.4, -0.2) is 84.7 Å². The zero-order valence-electron chi connectivity index (χ0n) is 21.3. The molecule has 4 aliphatic heterocycles. The van der Waals surface area contributed by atoms with Crippen LogP contribution in [0.3, 0.4) is 0 Å². The van der Waals surface area contributed by atoms with Crippen molar-refractivity contribution in [2.75, 3.05) is 39.3 Å². The van der Waals surface area contributed by atoms with Gasteiger partial charge in [0.25, 0.3) is 10.2 Å². The van der Waals surface area contributed by atoms with Crippen molar-refractivity contribution < 1.29 is 22.7 Å². The zero-order valence-corrected chi connectivity index (χ0v) is 22.9. The highest BCUT2D eigenvalue weighted by Crippen LogP contribution is 2.47. The minimum Gasteiger partial charge on any atom is -0.377 e. The first kappa shape index (κ1) is 27.3. The van der Waals surface area contributed by atoms with Crippen LogP contribution in [0.25, 0.3) is 0 Å². The van der Waals surface area contributed by atoms with Gasteiger partial charge in [0.2, 0.25) is 11.8 Å². The molecule has 4 saturated heterocycles. The first-order valence-corrected chi connectivity index (χ1v) is 15.1. The number of hydrogen-bond acceptors (Lipinski definition) is 6. The molecule has 0 saturated carbocycles. The lowest BCUT2D eigenvalue weighted by atomic mass is 9.72. The summed E-state index contributed by atoms with van der Waals surface area (Å²) in [6.07, 6.45) is 3.43. The number of primary amides is 1. The third kappa shape index (κ3) is 4.71. The summed E-state index contributed by atoms with van der Waals surface area (Å²) in [6.45, 7) is 1.67. The van der Waals surface area contributed by atoms with Gasteiger partial charge in [-0.15, -0.1) is 0 Å². The number of carbonyl (C=O) groups excluding carboxylic acids is 2. The molecule has 0 spiro atoms. The first-order valence-electron chi connectivity index (χ1n) is 13.3. The van der Waals surface area contributed by atoms with Crippen LogP contribution in [0.1, 0.15) is 50.0 Å². The Balaban J connectivity index is 1.43. The molecule has 0 aromatic heterocycles. The van der Waals surface area contributed by atoms with E-state index in [-0.39, 0.29) is 37.6 Å². The van der Waals surface area contributed by atoms with E-state index in [0.717, 1.165) is 18.4 Å². The van der Waals surface area contributed by atoms with Crippen molar-refractivity contribution in [1.29, 1.82) is 5.26 Å². The lowest BCUT2D eigenvalue weighted by Gasteiger charge is -2.46. The van der Waals surface area contributed by atoms with Gasteiger partial charge in [0.15, 0.2) is 0 Å². The molecule has 38 heavy (non-hydrogen) atoms. The summed E-state index contributed by atoms with van der Waals surface area (Å²) in [5.74, 6) is -2.15. The van der Waals surface area contributed by atoms with Crippen molar-refractivity contribution in [3.63, 3.8) is 0 Å². The van der Waals surface area contributed by atoms with E-state index < -0.39 is 33.5 Å². The van der Waals surface area contributed by atoms with Gasteiger partial charge in [-0.05, 0) is 56.2 Å². The average molecular weight is 564 g/mol. The Morgan fingerprint density at radius 3 is 2.45 bits per heavy atom. The maximum Gasteiger partial charge on any atom is 0.282 e. The number of piperidine rings is 1. The fourth-order valence-corrected chi connectivity index (χ4v) is 8.58. The number of nitriles is 1. The standard InChI is InChI=1S/C26H34ClN5O5S/c27-21-8-6-19(7-9-21)23(22-5-2-13-37-22)26(25(29)34)10-3-12-32(26)24(33)20-4-1-11-30(17-20)38(35,36)31-15-18(14-28)16-31/h6-9,18,20,22-23H,1-5,10-13,15-17H2,(H2,29,34)/t20-,22+,23-,26-/m0/s1. The number of nitrogens with zero attached hydrogens (tertiary/aromatic N) is 4. The van der Waals surface area contributed by atoms with Crippen molar-refractivity contribution in [1.82, 2.24) is 13.5 Å². The van der Waals surface area contributed by atoms with E-state index in [4.69, 9.17) is 27.3 Å². The lowest BCUT2D eigenvalue weighted by Crippen LogP contribution is -2.63. The first-order chi connectivity index (χ1) is 18.2. The predicted octanol–water partition coefficient (Wildman–Crippen LogP) is 1.86. The molecule has 12 heteroatoms. The van der Waals surface area contributed by atoms with Gasteiger partial charge in [-0.2, -0.15) is 22.3 Å². The number of amides is 2. The van der Waals surface area contributed by atoms with E-state index in [2.05, 4.69) is 6.07 Å². The molecule has 4 heterocycles. The topological polar surface area (TPSA) is 137 Å². The third-order valence-corrected chi connectivity index (χ3v) is 10.8. The van der Waals surface area contributed by atoms with Crippen LogP contribution in [0.5, 0.6) is 0 Å². The second-order valence-corrected chi connectivity index (χ2v) is 13.2. The van der Waals surface area contributed by atoms with Crippen LogP contribution in [0.4, 0.5) is 0 Å². The molecule has 2 N–H and O–H groups in total. The summed E-state index contributed by atoms with van der Waals surface area (Å²) in [7, 11) is -3.76. The Morgan fingerprint density at radius 1 is 1.08 bits per heavy atom. The molecule has 4 aliphatic rings. The van der Waals surface area contributed by atoms with Crippen molar-refractivity contribution in [2.24, 2.45) is 17.6 Å². The minimum atomic E-state index is -3.76. The van der Waals surface area contributed by atoms with Crippen LogP contribution < -0.4 is 5.73 Å². The quantitative estimate of drug-likeness (QED) is 0.537. The van der Waals surface area contributed by atoms with Gasteiger partial charge in [0.05, 0.1) is 24.0 Å². The second kappa shape index (κ2) is 10.7. The van der Waals surface area contributed by atoms with Crippen molar-refractivity contribution in [3.05, 3.63) is 34.9 Å². The van der Waals surface area contributed by atoms with E-state index >= 15 is 0 Å². The number of hydrogen-bond donors (Lipinski definition) is 1. The van der Waals surface area contributed by atoms with Gasteiger partial charge in [0, 0.05) is 50.3 Å². The molecular weight excluding hydrogens is 530 g/mol.